The van der Waals surface area contributed by atoms with Gasteiger partial charge < -0.3 is 9.47 Å². The van der Waals surface area contributed by atoms with E-state index in [2.05, 4.69) is 19.9 Å². The van der Waals surface area contributed by atoms with Crippen LogP contribution in [-0.2, 0) is 0 Å². The zero-order valence-electron chi connectivity index (χ0n) is 8.59. The van der Waals surface area contributed by atoms with E-state index in [1.54, 1.807) is 6.07 Å². The first-order valence-corrected chi connectivity index (χ1v) is 5.17. The molecule has 2 aromatic heterocycles. The van der Waals surface area contributed by atoms with Crippen LogP contribution >= 0.6 is 23.2 Å². The average Bonchev–Trinajstić information content (AvgIpc) is 2.28. The highest BCUT2D eigenvalue weighted by molar-refractivity contribution is 6.30. The van der Waals surface area contributed by atoms with Gasteiger partial charge in [-0.15, -0.1) is 4.98 Å². The highest BCUT2D eigenvalue weighted by Gasteiger charge is 2.07. The molecule has 6 nitrogen and oxygen atoms in total. The number of rotatable bonds is 3. The highest BCUT2D eigenvalue weighted by atomic mass is 35.5. The summed E-state index contributed by atoms with van der Waals surface area (Å²) in [6, 6.07) is 1.64. The number of hydrogen-bond acceptors (Lipinski definition) is 6. The molecule has 2 rings (SSSR count). The van der Waals surface area contributed by atoms with Gasteiger partial charge in [-0.25, -0.2) is 0 Å². The predicted octanol–water partition coefficient (Wildman–Crippen LogP) is 2.37. The van der Waals surface area contributed by atoms with Gasteiger partial charge in [-0.2, -0.15) is 9.97 Å². The van der Waals surface area contributed by atoms with Crippen molar-refractivity contribution in [3.05, 3.63) is 28.8 Å². The average molecular weight is 273 g/mol. The SMILES string of the molecule is COc1nc(Cl)nc(Oc2cncc(Cl)c2)n1. The third-order valence-electron chi connectivity index (χ3n) is 1.64. The van der Waals surface area contributed by atoms with Gasteiger partial charge in [-0.1, -0.05) is 11.6 Å². The molecule has 0 radical (unpaired) electrons. The lowest BCUT2D eigenvalue weighted by molar-refractivity contribution is 0.358. The minimum atomic E-state index is -0.0261. The molecule has 0 spiro atoms. The maximum Gasteiger partial charge on any atom is 0.329 e. The molecule has 0 amide bonds. The highest BCUT2D eigenvalue weighted by Crippen LogP contribution is 2.21. The maximum absolute atomic E-state index is 5.75. The predicted molar refractivity (Wildman–Crippen MR) is 60.7 cm³/mol. The molecular formula is C9H6Cl2N4O2. The lowest BCUT2D eigenvalue weighted by atomic mass is 10.5. The minimum Gasteiger partial charge on any atom is -0.467 e. The normalized spacial score (nSPS) is 10.1. The van der Waals surface area contributed by atoms with Crippen molar-refractivity contribution in [3.63, 3.8) is 0 Å². The van der Waals surface area contributed by atoms with Crippen LogP contribution in [0.3, 0.4) is 0 Å². The van der Waals surface area contributed by atoms with Crippen LogP contribution < -0.4 is 9.47 Å². The first-order chi connectivity index (χ1) is 8.17. The number of hydrogen-bond donors (Lipinski definition) is 0. The van der Waals surface area contributed by atoms with E-state index in [1.807, 2.05) is 0 Å². The third-order valence-corrected chi connectivity index (χ3v) is 2.01. The van der Waals surface area contributed by atoms with Gasteiger partial charge in [0.25, 0.3) is 0 Å². The molecule has 0 aliphatic carbocycles. The van der Waals surface area contributed by atoms with E-state index in [-0.39, 0.29) is 17.3 Å². The fourth-order valence-electron chi connectivity index (χ4n) is 1.01. The van der Waals surface area contributed by atoms with Gasteiger partial charge in [-0.3, -0.25) is 4.98 Å². The Bertz CT molecular complexity index is 538. The monoisotopic (exact) mass is 272 g/mol. The lowest BCUT2D eigenvalue weighted by Crippen LogP contribution is -1.98. The van der Waals surface area contributed by atoms with E-state index < -0.39 is 0 Å². The lowest BCUT2D eigenvalue weighted by Gasteiger charge is -2.04. The van der Waals surface area contributed by atoms with Crippen molar-refractivity contribution in [2.24, 2.45) is 0 Å². The number of halogens is 2. The Morgan fingerprint density at radius 3 is 2.53 bits per heavy atom. The van der Waals surface area contributed by atoms with Crippen LogP contribution in [-0.4, -0.2) is 27.0 Å². The van der Waals surface area contributed by atoms with Crippen LogP contribution in [0.4, 0.5) is 0 Å². The van der Waals surface area contributed by atoms with Crippen molar-refractivity contribution < 1.29 is 9.47 Å². The van der Waals surface area contributed by atoms with Crippen LogP contribution in [0.25, 0.3) is 0 Å². The Hall–Kier alpha value is -1.66. The van der Waals surface area contributed by atoms with Crippen molar-refractivity contribution in [2.45, 2.75) is 0 Å². The van der Waals surface area contributed by atoms with Gasteiger partial charge in [0.15, 0.2) is 5.75 Å². The molecule has 2 aromatic rings. The molecule has 2 heterocycles. The molecule has 0 fully saturated rings. The summed E-state index contributed by atoms with van der Waals surface area (Å²) < 4.78 is 10.1. The Morgan fingerprint density at radius 1 is 1.06 bits per heavy atom. The van der Waals surface area contributed by atoms with Crippen LogP contribution in [0.5, 0.6) is 17.8 Å². The summed E-state index contributed by atoms with van der Waals surface area (Å²) in [5, 5.41) is 0.413. The molecule has 8 heteroatoms. The van der Waals surface area contributed by atoms with Crippen molar-refractivity contribution in [3.8, 4) is 17.8 Å². The summed E-state index contributed by atoms with van der Waals surface area (Å²) in [7, 11) is 1.41. The summed E-state index contributed by atoms with van der Waals surface area (Å²) in [6.07, 6.45) is 2.95. The van der Waals surface area contributed by atoms with Gasteiger partial charge in [0.05, 0.1) is 18.3 Å². The molecule has 0 unspecified atom stereocenters. The van der Waals surface area contributed by atoms with E-state index in [1.165, 1.54) is 19.5 Å². The summed E-state index contributed by atoms with van der Waals surface area (Å²) in [4.78, 5) is 15.2. The number of aromatic nitrogens is 4. The minimum absolute atomic E-state index is 0.00548. The van der Waals surface area contributed by atoms with Crippen molar-refractivity contribution in [2.75, 3.05) is 7.11 Å². The van der Waals surface area contributed by atoms with Gasteiger partial charge in [0, 0.05) is 12.3 Å². The van der Waals surface area contributed by atoms with Crippen molar-refractivity contribution >= 4 is 23.2 Å². The molecule has 0 aliphatic heterocycles. The molecule has 0 atom stereocenters. The molecule has 0 bridgehead atoms. The molecule has 0 saturated carbocycles. The molecular weight excluding hydrogens is 267 g/mol. The second kappa shape index (κ2) is 5.11. The Morgan fingerprint density at radius 2 is 1.82 bits per heavy atom. The van der Waals surface area contributed by atoms with E-state index in [0.29, 0.717) is 10.8 Å². The largest absolute Gasteiger partial charge is 0.467 e. The van der Waals surface area contributed by atoms with E-state index in [4.69, 9.17) is 32.7 Å². The molecule has 0 saturated heterocycles. The van der Waals surface area contributed by atoms with Crippen LogP contribution in [0.2, 0.25) is 10.3 Å². The topological polar surface area (TPSA) is 70.0 Å². The molecule has 88 valence electrons. The summed E-state index contributed by atoms with van der Waals surface area (Å²) >= 11 is 11.4. The zero-order valence-corrected chi connectivity index (χ0v) is 10.1. The number of pyridine rings is 1. The fourth-order valence-corrected chi connectivity index (χ4v) is 1.31. The van der Waals surface area contributed by atoms with Gasteiger partial charge in [-0.05, 0) is 11.6 Å². The summed E-state index contributed by atoms with van der Waals surface area (Å²) in [5.41, 5.74) is 0. The second-order valence-corrected chi connectivity index (χ2v) is 3.59. The standard InChI is InChI=1S/C9H6Cl2N4O2/c1-16-8-13-7(11)14-9(15-8)17-6-2-5(10)3-12-4-6/h2-4H,1H3. The Kier molecular flexibility index (Phi) is 3.55. The molecule has 0 aliphatic rings. The summed E-state index contributed by atoms with van der Waals surface area (Å²) in [5.74, 6) is 0.391. The molecule has 0 aromatic carbocycles. The third kappa shape index (κ3) is 3.15. The maximum atomic E-state index is 5.75. The summed E-state index contributed by atoms with van der Waals surface area (Å²) in [6.45, 7) is 0. The van der Waals surface area contributed by atoms with Gasteiger partial charge in [0.2, 0.25) is 5.28 Å². The van der Waals surface area contributed by atoms with Crippen LogP contribution in [0, 0.1) is 0 Å². The number of nitrogens with zero attached hydrogens (tertiary/aromatic N) is 4. The fraction of sp³-hybridized carbons (Fsp3) is 0.111. The van der Waals surface area contributed by atoms with Gasteiger partial charge >= 0.3 is 12.0 Å². The first-order valence-electron chi connectivity index (χ1n) is 4.41. The van der Waals surface area contributed by atoms with Gasteiger partial charge in [0.1, 0.15) is 0 Å². The zero-order chi connectivity index (χ0) is 12.3. The van der Waals surface area contributed by atoms with Crippen LogP contribution in [0.15, 0.2) is 18.5 Å². The number of methoxy groups -OCH3 is 1. The second-order valence-electron chi connectivity index (χ2n) is 2.81. The Balaban J connectivity index is 2.26. The molecule has 0 N–H and O–H groups in total. The first kappa shape index (κ1) is 11.8. The van der Waals surface area contributed by atoms with E-state index in [0.717, 1.165) is 0 Å². The van der Waals surface area contributed by atoms with E-state index in [9.17, 15) is 0 Å². The number of ether oxygens (including phenoxy) is 2. The van der Waals surface area contributed by atoms with Crippen LogP contribution in [0.1, 0.15) is 0 Å². The van der Waals surface area contributed by atoms with E-state index >= 15 is 0 Å². The quantitative estimate of drug-likeness (QED) is 0.855. The van der Waals surface area contributed by atoms with Crippen molar-refractivity contribution in [1.29, 1.82) is 0 Å². The van der Waals surface area contributed by atoms with Crippen molar-refractivity contribution in [1.82, 2.24) is 19.9 Å². The smallest absolute Gasteiger partial charge is 0.329 e. The molecule has 17 heavy (non-hydrogen) atoms. The Labute approximate surface area is 107 Å².